The maximum atomic E-state index is 13.3. The summed E-state index contributed by atoms with van der Waals surface area (Å²) >= 11 is 0. The van der Waals surface area contributed by atoms with Crippen LogP contribution in [0.2, 0.25) is 0 Å². The maximum Gasteiger partial charge on any atom is 0.254 e. The van der Waals surface area contributed by atoms with E-state index < -0.39 is 28.9 Å². The molecule has 0 saturated carbocycles. The van der Waals surface area contributed by atoms with E-state index >= 15 is 0 Å². The first-order valence-corrected chi connectivity index (χ1v) is 4.98. The maximum absolute atomic E-state index is 13.3. The lowest BCUT2D eigenvalue weighted by Crippen LogP contribution is -2.24. The van der Waals surface area contributed by atoms with E-state index in [9.17, 15) is 18.0 Å². The van der Waals surface area contributed by atoms with Crippen LogP contribution in [-0.4, -0.2) is 15.9 Å². The Morgan fingerprint density at radius 2 is 2.06 bits per heavy atom. The molecule has 1 heterocycles. The van der Waals surface area contributed by atoms with Crippen LogP contribution in [0.15, 0.2) is 24.7 Å². The number of aromatic amines is 1. The van der Waals surface area contributed by atoms with Crippen molar-refractivity contribution >= 4 is 5.91 Å². The summed E-state index contributed by atoms with van der Waals surface area (Å²) in [7, 11) is 0. The second-order valence-electron chi connectivity index (χ2n) is 3.48. The van der Waals surface area contributed by atoms with E-state index in [1.165, 1.54) is 12.5 Å². The molecule has 2 rings (SSSR count). The summed E-state index contributed by atoms with van der Waals surface area (Å²) in [6.07, 6.45) is 2.89. The zero-order valence-corrected chi connectivity index (χ0v) is 9.01. The Balaban J connectivity index is 2.12. The third kappa shape index (κ3) is 2.34. The van der Waals surface area contributed by atoms with Crippen molar-refractivity contribution in [2.24, 2.45) is 0 Å². The van der Waals surface area contributed by atoms with Crippen molar-refractivity contribution < 1.29 is 18.0 Å². The molecule has 0 fully saturated rings. The Labute approximate surface area is 99.9 Å². The number of carbonyl (C=O) groups excluding carboxylic acids is 1. The van der Waals surface area contributed by atoms with Gasteiger partial charge in [0.25, 0.3) is 5.91 Å². The number of benzene rings is 1. The summed E-state index contributed by atoms with van der Waals surface area (Å²) < 4.78 is 38.9. The molecule has 0 saturated heterocycles. The fraction of sp³-hybridized carbons (Fsp3) is 0.0909. The highest BCUT2D eigenvalue weighted by molar-refractivity contribution is 5.94. The highest BCUT2D eigenvalue weighted by Crippen LogP contribution is 2.15. The summed E-state index contributed by atoms with van der Waals surface area (Å²) in [6, 6.07) is 1.58. The monoisotopic (exact) mass is 255 g/mol. The van der Waals surface area contributed by atoms with E-state index in [1.807, 2.05) is 0 Å². The molecule has 94 valence electrons. The van der Waals surface area contributed by atoms with Crippen LogP contribution < -0.4 is 5.32 Å². The second-order valence-corrected chi connectivity index (χ2v) is 3.48. The third-order valence-corrected chi connectivity index (χ3v) is 2.27. The number of carbonyl (C=O) groups is 1. The third-order valence-electron chi connectivity index (χ3n) is 2.27. The van der Waals surface area contributed by atoms with Crippen LogP contribution in [0.5, 0.6) is 0 Å². The largest absolute Gasteiger partial charge is 0.347 e. The van der Waals surface area contributed by atoms with Crippen LogP contribution in [0.1, 0.15) is 16.1 Å². The van der Waals surface area contributed by atoms with Crippen LogP contribution in [0.4, 0.5) is 13.2 Å². The molecule has 0 unspecified atom stereocenters. The minimum atomic E-state index is -1.66. The number of H-pyrrole nitrogens is 1. The molecule has 7 heteroatoms. The Kier molecular flexibility index (Phi) is 3.31. The van der Waals surface area contributed by atoms with Crippen LogP contribution in [0.25, 0.3) is 0 Å². The van der Waals surface area contributed by atoms with Crippen LogP contribution >= 0.6 is 0 Å². The zero-order valence-electron chi connectivity index (χ0n) is 9.01. The fourth-order valence-corrected chi connectivity index (χ4v) is 1.35. The van der Waals surface area contributed by atoms with Gasteiger partial charge in [0.15, 0.2) is 17.5 Å². The van der Waals surface area contributed by atoms with Gasteiger partial charge < -0.3 is 10.3 Å². The molecule has 0 spiro atoms. The zero-order chi connectivity index (χ0) is 13.1. The normalized spacial score (nSPS) is 10.4. The molecule has 4 nitrogen and oxygen atoms in total. The Bertz CT molecular complexity index is 569. The standard InChI is InChI=1S/C11H8F3N3O/c12-8-2-1-7(9(13)10(8)14)11(18)16-4-6-3-15-5-17-6/h1-3,5H,4H2,(H,15,17)(H,16,18). The van der Waals surface area contributed by atoms with Gasteiger partial charge in [-0.15, -0.1) is 0 Å². The van der Waals surface area contributed by atoms with Crippen molar-refractivity contribution in [1.29, 1.82) is 0 Å². The molecule has 1 aromatic heterocycles. The number of hydrogen-bond donors (Lipinski definition) is 2. The number of halogens is 3. The number of amides is 1. The number of aromatic nitrogens is 2. The summed E-state index contributed by atoms with van der Waals surface area (Å²) in [4.78, 5) is 18.0. The average molecular weight is 255 g/mol. The van der Waals surface area contributed by atoms with E-state index in [4.69, 9.17) is 0 Å². The molecule has 0 aliphatic heterocycles. The van der Waals surface area contributed by atoms with Gasteiger partial charge >= 0.3 is 0 Å². The lowest BCUT2D eigenvalue weighted by molar-refractivity contribution is 0.0945. The van der Waals surface area contributed by atoms with Crippen LogP contribution in [0.3, 0.4) is 0 Å². The summed E-state index contributed by atoms with van der Waals surface area (Å²) in [5, 5.41) is 2.35. The van der Waals surface area contributed by atoms with Crippen molar-refractivity contribution in [1.82, 2.24) is 15.3 Å². The average Bonchev–Trinajstić information content (AvgIpc) is 2.86. The minimum absolute atomic E-state index is 0.0806. The lowest BCUT2D eigenvalue weighted by atomic mass is 10.2. The lowest BCUT2D eigenvalue weighted by Gasteiger charge is -2.05. The molecule has 18 heavy (non-hydrogen) atoms. The van der Waals surface area contributed by atoms with Crippen molar-refractivity contribution in [3.63, 3.8) is 0 Å². The van der Waals surface area contributed by atoms with Gasteiger partial charge in [0.05, 0.1) is 24.1 Å². The quantitative estimate of drug-likeness (QED) is 0.821. The molecule has 0 atom stereocenters. The van der Waals surface area contributed by atoms with Gasteiger partial charge in [-0.3, -0.25) is 4.79 Å². The van der Waals surface area contributed by atoms with Crippen LogP contribution in [-0.2, 0) is 6.54 Å². The number of hydrogen-bond acceptors (Lipinski definition) is 2. The molecule has 1 aromatic carbocycles. The van der Waals surface area contributed by atoms with Gasteiger partial charge in [-0.1, -0.05) is 0 Å². The summed E-state index contributed by atoms with van der Waals surface area (Å²) in [5.74, 6) is -5.33. The molecular weight excluding hydrogens is 247 g/mol. The number of nitrogens with zero attached hydrogens (tertiary/aromatic N) is 1. The molecule has 0 radical (unpaired) electrons. The van der Waals surface area contributed by atoms with E-state index in [0.29, 0.717) is 11.8 Å². The number of imidazole rings is 1. The predicted molar refractivity (Wildman–Crippen MR) is 56.1 cm³/mol. The van der Waals surface area contributed by atoms with E-state index in [-0.39, 0.29) is 6.54 Å². The predicted octanol–water partition coefficient (Wildman–Crippen LogP) is 1.76. The second kappa shape index (κ2) is 4.91. The first-order valence-electron chi connectivity index (χ1n) is 4.98. The highest BCUT2D eigenvalue weighted by Gasteiger charge is 2.18. The molecule has 2 aromatic rings. The molecule has 1 amide bonds. The fourth-order valence-electron chi connectivity index (χ4n) is 1.35. The number of nitrogens with one attached hydrogen (secondary N) is 2. The van der Waals surface area contributed by atoms with Gasteiger partial charge in [-0.05, 0) is 12.1 Å². The van der Waals surface area contributed by atoms with Gasteiger partial charge in [0.1, 0.15) is 0 Å². The molecule has 0 aliphatic carbocycles. The van der Waals surface area contributed by atoms with Crippen LogP contribution in [0, 0.1) is 17.5 Å². The van der Waals surface area contributed by atoms with Gasteiger partial charge in [0, 0.05) is 6.20 Å². The molecule has 0 aliphatic rings. The molecular formula is C11H8F3N3O. The smallest absolute Gasteiger partial charge is 0.254 e. The first kappa shape index (κ1) is 12.2. The summed E-state index contributed by atoms with van der Waals surface area (Å²) in [6.45, 7) is 0.0806. The van der Waals surface area contributed by atoms with Gasteiger partial charge in [-0.2, -0.15) is 0 Å². The topological polar surface area (TPSA) is 57.8 Å². The van der Waals surface area contributed by atoms with E-state index in [1.54, 1.807) is 0 Å². The van der Waals surface area contributed by atoms with Crippen molar-refractivity contribution in [3.8, 4) is 0 Å². The van der Waals surface area contributed by atoms with E-state index in [0.717, 1.165) is 6.07 Å². The Morgan fingerprint density at radius 1 is 1.28 bits per heavy atom. The SMILES string of the molecule is O=C(NCc1cnc[nH]1)c1ccc(F)c(F)c1F. The van der Waals surface area contributed by atoms with Crippen molar-refractivity contribution in [2.75, 3.05) is 0 Å². The Hall–Kier alpha value is -2.31. The number of rotatable bonds is 3. The minimum Gasteiger partial charge on any atom is -0.347 e. The molecule has 2 N–H and O–H groups in total. The van der Waals surface area contributed by atoms with Gasteiger partial charge in [0.2, 0.25) is 0 Å². The van der Waals surface area contributed by atoms with Crippen molar-refractivity contribution in [3.05, 3.63) is 53.4 Å². The van der Waals surface area contributed by atoms with E-state index in [2.05, 4.69) is 15.3 Å². The van der Waals surface area contributed by atoms with Crippen molar-refractivity contribution in [2.45, 2.75) is 6.54 Å². The summed E-state index contributed by atoms with van der Waals surface area (Å²) in [5.41, 5.74) is 0.0553. The van der Waals surface area contributed by atoms with Gasteiger partial charge in [-0.25, -0.2) is 18.2 Å². The Morgan fingerprint density at radius 3 is 2.72 bits per heavy atom. The first-order chi connectivity index (χ1) is 8.59. The highest BCUT2D eigenvalue weighted by atomic mass is 19.2. The molecule has 0 bridgehead atoms.